The van der Waals surface area contributed by atoms with E-state index in [-0.39, 0.29) is 16.4 Å². The Hall–Kier alpha value is -3.26. The summed E-state index contributed by atoms with van der Waals surface area (Å²) in [6.45, 7) is 1.59. The Labute approximate surface area is 211 Å². The molecule has 1 heterocycles. The van der Waals surface area contributed by atoms with Crippen LogP contribution >= 0.6 is 12.2 Å². The number of nitrogens with zero attached hydrogens (tertiary/aromatic N) is 3. The fraction of sp³-hybridized carbons (Fsp3) is 0.440. The van der Waals surface area contributed by atoms with Crippen LogP contribution in [-0.2, 0) is 15.8 Å². The number of thiocarbonyl (C=S) groups is 1. The lowest BCUT2D eigenvalue weighted by Gasteiger charge is -2.43. The van der Waals surface area contributed by atoms with Crippen LogP contribution in [0.5, 0.6) is 0 Å². The largest absolute Gasteiger partial charge is 0.417 e. The molecule has 4 rings (SSSR count). The molecule has 1 aromatic carbocycles. The van der Waals surface area contributed by atoms with E-state index in [4.69, 9.17) is 17.5 Å². The Morgan fingerprint density at radius 3 is 2.47 bits per heavy atom. The Balaban J connectivity index is 1.85. The number of benzene rings is 1. The first-order chi connectivity index (χ1) is 17.0. The second-order valence-electron chi connectivity index (χ2n) is 9.17. The van der Waals surface area contributed by atoms with Crippen LogP contribution < -0.4 is 10.2 Å². The summed E-state index contributed by atoms with van der Waals surface area (Å²) in [4.78, 5) is 28.7. The lowest BCUT2D eigenvalue weighted by atomic mass is 9.78. The number of allylic oxidation sites excluding steroid dienone is 3. The standard InChI is InChI=1S/C25H24F4N4O2S/c1-14-19(9-8-17(20(14)26)21(34)31-2)33-23(36)32(22(35)24(33)10-4-3-5-11-24)16-7-6-15(13-30)18(12-16)25(27,28)29/h6-9,12,14,20H,3-5,10-11H2,1-2H3,(H,31,34). The van der Waals surface area contributed by atoms with E-state index in [0.29, 0.717) is 31.4 Å². The molecule has 1 aliphatic heterocycles. The summed E-state index contributed by atoms with van der Waals surface area (Å²) in [7, 11) is 1.40. The zero-order valence-corrected chi connectivity index (χ0v) is 20.5. The summed E-state index contributed by atoms with van der Waals surface area (Å²) in [6.07, 6.45) is -0.485. The Bertz CT molecular complexity index is 1230. The Morgan fingerprint density at radius 2 is 1.89 bits per heavy atom. The summed E-state index contributed by atoms with van der Waals surface area (Å²) < 4.78 is 56.3. The second kappa shape index (κ2) is 9.32. The van der Waals surface area contributed by atoms with Gasteiger partial charge in [0.1, 0.15) is 11.7 Å². The van der Waals surface area contributed by atoms with Gasteiger partial charge in [-0.2, -0.15) is 18.4 Å². The molecule has 6 nitrogen and oxygen atoms in total. The first-order valence-corrected chi connectivity index (χ1v) is 12.0. The zero-order valence-electron chi connectivity index (χ0n) is 19.7. The van der Waals surface area contributed by atoms with Crippen LogP contribution in [0.4, 0.5) is 23.2 Å². The zero-order chi connectivity index (χ0) is 26.4. The molecule has 0 bridgehead atoms. The van der Waals surface area contributed by atoms with Crippen LogP contribution in [0.2, 0.25) is 0 Å². The fourth-order valence-electron chi connectivity index (χ4n) is 5.30. The van der Waals surface area contributed by atoms with Crippen LogP contribution in [0.15, 0.2) is 41.6 Å². The van der Waals surface area contributed by atoms with Gasteiger partial charge in [0.2, 0.25) is 5.91 Å². The molecule has 36 heavy (non-hydrogen) atoms. The van der Waals surface area contributed by atoms with Crippen molar-refractivity contribution in [1.82, 2.24) is 10.2 Å². The van der Waals surface area contributed by atoms with E-state index in [9.17, 15) is 22.8 Å². The van der Waals surface area contributed by atoms with E-state index in [1.807, 2.05) is 0 Å². The van der Waals surface area contributed by atoms with Crippen LogP contribution in [0.1, 0.15) is 50.2 Å². The van der Waals surface area contributed by atoms with Crippen molar-refractivity contribution in [2.75, 3.05) is 11.9 Å². The van der Waals surface area contributed by atoms with Crippen LogP contribution in [-0.4, -0.2) is 40.6 Å². The quantitative estimate of drug-likeness (QED) is 0.460. The average Bonchev–Trinajstić information content (AvgIpc) is 3.05. The van der Waals surface area contributed by atoms with Gasteiger partial charge >= 0.3 is 6.18 Å². The van der Waals surface area contributed by atoms with Gasteiger partial charge in [-0.25, -0.2) is 4.39 Å². The van der Waals surface area contributed by atoms with Crippen LogP contribution in [0, 0.1) is 17.2 Å². The number of carbonyl (C=O) groups is 2. The predicted molar refractivity (Wildman–Crippen MR) is 128 cm³/mol. The molecule has 1 aromatic rings. The molecule has 11 heteroatoms. The van der Waals surface area contributed by atoms with E-state index >= 15 is 4.39 Å². The molecule has 2 amide bonds. The Morgan fingerprint density at radius 1 is 1.22 bits per heavy atom. The van der Waals surface area contributed by atoms with E-state index in [2.05, 4.69) is 5.32 Å². The van der Waals surface area contributed by atoms with E-state index in [1.54, 1.807) is 17.9 Å². The molecule has 1 saturated carbocycles. The minimum absolute atomic E-state index is 0.0539. The summed E-state index contributed by atoms with van der Waals surface area (Å²) in [6, 6.07) is 4.56. The van der Waals surface area contributed by atoms with Gasteiger partial charge in [0.15, 0.2) is 5.11 Å². The van der Waals surface area contributed by atoms with E-state index < -0.39 is 46.7 Å². The maximum Gasteiger partial charge on any atom is 0.417 e. The van der Waals surface area contributed by atoms with Crippen molar-refractivity contribution >= 4 is 34.8 Å². The highest BCUT2D eigenvalue weighted by Crippen LogP contribution is 2.47. The van der Waals surface area contributed by atoms with Gasteiger partial charge in [0.25, 0.3) is 5.91 Å². The monoisotopic (exact) mass is 520 g/mol. The third kappa shape index (κ3) is 3.97. The smallest absolute Gasteiger partial charge is 0.355 e. The first-order valence-electron chi connectivity index (χ1n) is 11.6. The van der Waals surface area contributed by atoms with Gasteiger partial charge in [0.05, 0.1) is 28.5 Å². The lowest BCUT2D eigenvalue weighted by molar-refractivity contribution is -0.137. The SMILES string of the molecule is CNC(=O)C1=CC=C(N2C(=S)N(c3ccc(C#N)c(C(F)(F)F)c3)C(=O)C23CCCCC3)C(C)C1F. The minimum atomic E-state index is -4.81. The first kappa shape index (κ1) is 25.8. The number of nitriles is 1. The van der Waals surface area contributed by atoms with E-state index in [0.717, 1.165) is 23.5 Å². The van der Waals surface area contributed by atoms with E-state index in [1.165, 1.54) is 25.3 Å². The van der Waals surface area contributed by atoms with Gasteiger partial charge in [-0.1, -0.05) is 26.2 Å². The number of halogens is 4. The molecule has 2 aliphatic carbocycles. The van der Waals surface area contributed by atoms with Crippen LogP contribution in [0.3, 0.4) is 0 Å². The van der Waals surface area contributed by atoms with Crippen LogP contribution in [0.25, 0.3) is 0 Å². The molecule has 2 unspecified atom stereocenters. The number of hydrogen-bond donors (Lipinski definition) is 1. The van der Waals surface area contributed by atoms with Crippen molar-refractivity contribution in [1.29, 1.82) is 5.26 Å². The second-order valence-corrected chi connectivity index (χ2v) is 9.54. The molecule has 0 radical (unpaired) electrons. The highest BCUT2D eigenvalue weighted by molar-refractivity contribution is 7.80. The van der Waals surface area contributed by atoms with Gasteiger partial charge in [-0.15, -0.1) is 0 Å². The molecule has 3 aliphatic rings. The normalized spacial score (nSPS) is 23.9. The number of carbonyl (C=O) groups excluding carboxylic acids is 2. The van der Waals surface area contributed by atoms with Crippen molar-refractivity contribution < 1.29 is 27.2 Å². The van der Waals surface area contributed by atoms with Crippen molar-refractivity contribution in [3.63, 3.8) is 0 Å². The molecular weight excluding hydrogens is 496 g/mol. The molecule has 1 spiro atoms. The molecule has 1 saturated heterocycles. The highest BCUT2D eigenvalue weighted by Gasteiger charge is 2.58. The number of amides is 2. The number of nitrogens with one attached hydrogen (secondary N) is 1. The maximum atomic E-state index is 15.4. The minimum Gasteiger partial charge on any atom is -0.355 e. The third-order valence-electron chi connectivity index (χ3n) is 7.16. The van der Waals surface area contributed by atoms with Gasteiger partial charge < -0.3 is 10.2 Å². The van der Waals surface area contributed by atoms with Gasteiger partial charge in [-0.05, 0) is 55.4 Å². The highest BCUT2D eigenvalue weighted by atomic mass is 32.1. The maximum absolute atomic E-state index is 15.4. The molecule has 0 aromatic heterocycles. The fourth-order valence-corrected chi connectivity index (χ4v) is 5.77. The number of likely N-dealkylation sites (N-methyl/N-ethyl adjacent to an activating group) is 1. The van der Waals surface area contributed by atoms with Gasteiger partial charge in [0, 0.05) is 18.7 Å². The summed E-state index contributed by atoms with van der Waals surface area (Å²) in [5.41, 5.74) is -2.67. The van der Waals surface area contributed by atoms with Crippen molar-refractivity contribution in [3.8, 4) is 6.07 Å². The number of rotatable bonds is 3. The third-order valence-corrected chi connectivity index (χ3v) is 7.53. The number of alkyl halides is 4. The molecule has 1 N–H and O–H groups in total. The molecule has 2 fully saturated rings. The average molecular weight is 521 g/mol. The topological polar surface area (TPSA) is 76.4 Å². The van der Waals surface area contributed by atoms with Crippen molar-refractivity contribution in [2.45, 2.75) is 56.9 Å². The molecular formula is C25H24F4N4O2S. The molecule has 190 valence electrons. The number of anilines is 1. The predicted octanol–water partition coefficient (Wildman–Crippen LogP) is 4.76. The summed E-state index contributed by atoms with van der Waals surface area (Å²) >= 11 is 5.67. The van der Waals surface area contributed by atoms with Crippen molar-refractivity contribution in [2.24, 2.45) is 5.92 Å². The van der Waals surface area contributed by atoms with Gasteiger partial charge in [-0.3, -0.25) is 14.5 Å². The Kier molecular flexibility index (Phi) is 6.68. The summed E-state index contributed by atoms with van der Waals surface area (Å²) in [5.74, 6) is -1.87. The molecule has 2 atom stereocenters. The lowest BCUT2D eigenvalue weighted by Crippen LogP contribution is -2.52. The van der Waals surface area contributed by atoms with Crippen molar-refractivity contribution in [3.05, 3.63) is 52.7 Å². The summed E-state index contributed by atoms with van der Waals surface area (Å²) in [5, 5.41) is 11.5. The number of hydrogen-bond acceptors (Lipinski definition) is 4.